The number of nitrogens with one attached hydrogen (secondary N) is 5. The maximum atomic E-state index is 15.1. The van der Waals surface area contributed by atoms with Crippen LogP contribution in [0.15, 0.2) is 73.8 Å². The lowest BCUT2D eigenvalue weighted by atomic mass is 9.89. The van der Waals surface area contributed by atoms with E-state index in [9.17, 15) is 62.6 Å². The van der Waals surface area contributed by atoms with Crippen molar-refractivity contribution < 1.29 is 129 Å². The SMILES string of the molecule is C=CCOC(=O)NCC1(OCC(=O)NCCC(=O)NCc2cc(COC(=O)N(C)[C@H](C(=O)N[C@H](C(=O)N(C)[C@@H]([C@@H](C)CC)[C@@H](CC(=O)N3CCC[C@H]3[C@H](OC)[C@@H](C)C(=O)N[C@H](C)[C@@H](O)c3ccccc3)OC)C(C)C)C(C)C)ccc2O[C@@H]2O[C@H](C(=O)OCC=C)[C@@H](OC(C)=O)[C@H](OC(C)=O)[C@H]2OC(C)=O)CN(C(=O)CCOCCOC)C1. The summed E-state index contributed by atoms with van der Waals surface area (Å²) < 4.78 is 73.9. The number of esters is 4. The summed E-state index contributed by atoms with van der Waals surface area (Å²) in [5, 5.41) is 24.8. The van der Waals surface area contributed by atoms with Gasteiger partial charge in [-0.05, 0) is 60.8 Å². The van der Waals surface area contributed by atoms with Crippen molar-refractivity contribution in [3.63, 3.8) is 0 Å². The summed E-state index contributed by atoms with van der Waals surface area (Å²) in [6.45, 7) is 23.3. The number of carbonyl (C=O) groups is 13. The second-order valence-corrected chi connectivity index (χ2v) is 30.1. The zero-order valence-electron chi connectivity index (χ0n) is 70.8. The van der Waals surface area contributed by atoms with Gasteiger partial charge in [-0.15, -0.1) is 0 Å². The maximum absolute atomic E-state index is 15.1. The van der Waals surface area contributed by atoms with Gasteiger partial charge < -0.3 is 108 Å². The van der Waals surface area contributed by atoms with Crippen molar-refractivity contribution in [2.24, 2.45) is 23.7 Å². The fourth-order valence-electron chi connectivity index (χ4n) is 14.2. The fraction of sp³-hybridized carbons (Fsp3) is 0.646. The Hall–Kier alpha value is -9.85. The van der Waals surface area contributed by atoms with Crippen LogP contribution in [-0.2, 0) is 123 Å². The van der Waals surface area contributed by atoms with E-state index in [0.29, 0.717) is 44.6 Å². The molecule has 36 heteroatoms. The average Bonchev–Trinajstić information content (AvgIpc) is 0.919. The van der Waals surface area contributed by atoms with E-state index in [0.717, 1.165) is 25.7 Å². The summed E-state index contributed by atoms with van der Waals surface area (Å²) in [4.78, 5) is 183. The number of likely N-dealkylation sites (N-methyl/N-ethyl adjacent to an activating group) is 2. The van der Waals surface area contributed by atoms with Gasteiger partial charge in [-0.3, -0.25) is 52.8 Å². The molecule has 0 bridgehead atoms. The van der Waals surface area contributed by atoms with Crippen LogP contribution in [0.2, 0.25) is 0 Å². The molecular weight excluding hydrogens is 1540 g/mol. The number of rotatable bonds is 48. The van der Waals surface area contributed by atoms with Gasteiger partial charge in [0.2, 0.25) is 53.7 Å². The van der Waals surface area contributed by atoms with Crippen molar-refractivity contribution in [1.29, 1.82) is 0 Å². The van der Waals surface area contributed by atoms with Crippen LogP contribution in [0, 0.1) is 23.7 Å². The number of likely N-dealkylation sites (tertiary alicyclic amines) is 2. The fourth-order valence-corrected chi connectivity index (χ4v) is 14.2. The molecule has 0 unspecified atom stereocenters. The van der Waals surface area contributed by atoms with E-state index in [1.807, 2.05) is 19.9 Å². The van der Waals surface area contributed by atoms with Gasteiger partial charge in [-0.25, -0.2) is 14.4 Å². The van der Waals surface area contributed by atoms with Crippen LogP contribution < -0.4 is 31.3 Å². The maximum Gasteiger partial charge on any atom is 0.410 e. The highest BCUT2D eigenvalue weighted by Crippen LogP contribution is 2.35. The molecule has 3 heterocycles. The molecule has 5 rings (SSSR count). The highest BCUT2D eigenvalue weighted by atomic mass is 16.7. The molecule has 3 aliphatic rings. The molecule has 0 saturated carbocycles. The first-order valence-electron chi connectivity index (χ1n) is 39.6. The van der Waals surface area contributed by atoms with Crippen LogP contribution in [0.3, 0.4) is 0 Å². The lowest BCUT2D eigenvalue weighted by Crippen LogP contribution is -2.69. The lowest BCUT2D eigenvalue weighted by Gasteiger charge is -2.49. The smallest absolute Gasteiger partial charge is 0.410 e. The monoisotopic (exact) mass is 1670 g/mol. The minimum Gasteiger partial charge on any atom is -0.460 e. The molecule has 3 fully saturated rings. The summed E-state index contributed by atoms with van der Waals surface area (Å²) in [7, 11) is 7.42. The van der Waals surface area contributed by atoms with Gasteiger partial charge in [0.1, 0.15) is 49.9 Å². The van der Waals surface area contributed by atoms with Crippen LogP contribution >= 0.6 is 0 Å². The first-order valence-corrected chi connectivity index (χ1v) is 39.6. The minimum absolute atomic E-state index is 0.0111. The van der Waals surface area contributed by atoms with E-state index in [1.165, 1.54) is 68.5 Å². The molecule has 118 heavy (non-hydrogen) atoms. The molecule has 0 spiro atoms. The van der Waals surface area contributed by atoms with Gasteiger partial charge in [0, 0.05) is 87.8 Å². The number of hydrogen-bond acceptors (Lipinski definition) is 27. The van der Waals surface area contributed by atoms with Crippen molar-refractivity contribution in [2.45, 2.75) is 213 Å². The second kappa shape index (κ2) is 48.9. The normalized spacial score (nSPS) is 19.7. The molecule has 6 N–H and O–H groups in total. The second-order valence-electron chi connectivity index (χ2n) is 30.1. The first kappa shape index (κ1) is 98.7. The van der Waals surface area contributed by atoms with Crippen molar-refractivity contribution in [1.82, 2.24) is 46.2 Å². The van der Waals surface area contributed by atoms with E-state index in [4.69, 9.17) is 61.6 Å². The Morgan fingerprint density at radius 3 is 1.97 bits per heavy atom. The number of amides is 9. The number of aliphatic hydroxyl groups excluding tert-OH is 1. The summed E-state index contributed by atoms with van der Waals surface area (Å²) in [6.07, 6.45) is -9.47. The summed E-state index contributed by atoms with van der Waals surface area (Å²) in [5.74, 6) is -9.63. The zero-order chi connectivity index (χ0) is 87.7. The van der Waals surface area contributed by atoms with Crippen LogP contribution in [0.4, 0.5) is 9.59 Å². The third-order valence-electron chi connectivity index (χ3n) is 20.5. The lowest BCUT2D eigenvalue weighted by molar-refractivity contribution is -0.282. The number of alkyl carbamates (subject to hydrolysis) is 1. The Bertz CT molecular complexity index is 3690. The highest BCUT2D eigenvalue weighted by molar-refractivity contribution is 5.92. The summed E-state index contributed by atoms with van der Waals surface area (Å²) in [5.41, 5.74) is -0.184. The van der Waals surface area contributed by atoms with E-state index < -0.39 is 182 Å². The molecule has 0 aliphatic carbocycles. The Labute approximate surface area is 690 Å². The van der Waals surface area contributed by atoms with Crippen molar-refractivity contribution in [3.05, 3.63) is 90.5 Å². The van der Waals surface area contributed by atoms with Gasteiger partial charge in [0.05, 0.1) is 94.7 Å². The quantitative estimate of drug-likeness (QED) is 0.0237. The zero-order valence-corrected chi connectivity index (χ0v) is 70.8. The number of ether oxygens (including phenoxy) is 13. The Morgan fingerprint density at radius 1 is 0.712 bits per heavy atom. The Kier molecular flexibility index (Phi) is 40.9. The third-order valence-corrected chi connectivity index (χ3v) is 20.5. The van der Waals surface area contributed by atoms with Crippen LogP contribution in [0.1, 0.15) is 137 Å². The highest BCUT2D eigenvalue weighted by Gasteiger charge is 2.57. The molecule has 9 amide bonds. The van der Waals surface area contributed by atoms with Gasteiger partial charge in [0.25, 0.3) is 0 Å². The number of nitrogens with zero attached hydrogens (tertiary/aromatic N) is 4. The summed E-state index contributed by atoms with van der Waals surface area (Å²) >= 11 is 0. The number of carbonyl (C=O) groups excluding carboxylic acids is 13. The number of methoxy groups -OCH3 is 3. The van der Waals surface area contributed by atoms with E-state index >= 15 is 4.79 Å². The topological polar surface area (TPSA) is 435 Å². The molecule has 2 aromatic rings. The number of benzene rings is 2. The van der Waals surface area contributed by atoms with E-state index in [2.05, 4.69) is 39.7 Å². The molecule has 36 nitrogen and oxygen atoms in total. The molecule has 658 valence electrons. The van der Waals surface area contributed by atoms with Crippen molar-refractivity contribution in [3.8, 4) is 5.75 Å². The van der Waals surface area contributed by atoms with Gasteiger partial charge in [0.15, 0.2) is 18.3 Å². The van der Waals surface area contributed by atoms with Crippen molar-refractivity contribution in [2.75, 3.05) is 108 Å². The van der Waals surface area contributed by atoms with Gasteiger partial charge >= 0.3 is 36.1 Å². The Morgan fingerprint density at radius 2 is 1.36 bits per heavy atom. The van der Waals surface area contributed by atoms with Crippen LogP contribution in [0.5, 0.6) is 5.75 Å². The largest absolute Gasteiger partial charge is 0.460 e. The predicted molar refractivity (Wildman–Crippen MR) is 424 cm³/mol. The predicted octanol–water partition coefficient (Wildman–Crippen LogP) is 3.89. The minimum atomic E-state index is -1.90. The van der Waals surface area contributed by atoms with Crippen molar-refractivity contribution >= 4 is 77.4 Å². The van der Waals surface area contributed by atoms with Crippen LogP contribution in [0.25, 0.3) is 0 Å². The standard InChI is InChI=1S/C82H123N9O27/c1-19-35-110-78(103)73-71(114-53(11)92)72(115-54(12)93)74(116-55(13)94)79(118-73)117-60-30-29-56(40-58(60)42-84-62(95)31-33-83-63(96)44-113-82(45-85-80(104)111-36-20-2)46-90(47-82)64(97)32-37-109-39-38-106-16)43-112-81(105)89(15)67(49(6)7)76(101)87-66(48(4)5)77(102)88(14)68(50(8)21-3)61(107-17)41-65(98)91-34-25-28-59(91)70(108-18)51(9)75(100)86-52(10)69(99)57-26-23-22-24-27-57/h19-20,22-24,26-27,29-30,40,48-52,59,61,66-74,79,99H,1-2,21,25,28,31-39,41-47H2,3-18H3,(H,83,96)(H,84,95)(H,85,104)(H,86,100)(H,87,101)/t50-,51+,52+,59-,61+,66-,67-,68-,69+,70+,71-,72-,73-,74+,79+/m0/s1. The van der Waals surface area contributed by atoms with E-state index in [1.54, 1.807) is 77.8 Å². The number of aliphatic hydroxyl groups is 1. The molecule has 0 radical (unpaired) electrons. The van der Waals surface area contributed by atoms with Gasteiger partial charge in [-0.1, -0.05) is 117 Å². The molecular formula is C82H123N9O27. The van der Waals surface area contributed by atoms with Crippen LogP contribution in [-0.4, -0.2) is 289 Å². The number of hydrogen-bond donors (Lipinski definition) is 6. The average molecular weight is 1670 g/mol. The molecule has 15 atom stereocenters. The Balaban J connectivity index is 1.35. The molecule has 3 saturated heterocycles. The van der Waals surface area contributed by atoms with E-state index in [-0.39, 0.29) is 106 Å². The van der Waals surface area contributed by atoms with Gasteiger partial charge in [-0.2, -0.15) is 0 Å². The first-order chi connectivity index (χ1) is 56.0. The molecule has 2 aromatic carbocycles. The molecule has 0 aromatic heterocycles. The summed E-state index contributed by atoms with van der Waals surface area (Å²) in [6, 6.07) is 8.97. The third kappa shape index (κ3) is 29.3. The molecule has 3 aliphatic heterocycles.